The molecule has 0 bridgehead atoms. The van der Waals surface area contributed by atoms with Gasteiger partial charge in [0, 0.05) is 11.3 Å². The van der Waals surface area contributed by atoms with E-state index >= 15 is 0 Å². The minimum absolute atomic E-state index is 0.188. The van der Waals surface area contributed by atoms with Crippen molar-refractivity contribution in [1.29, 1.82) is 0 Å². The molecular weight excluding hydrogens is 576 g/mol. The molecule has 3 aromatic carbocycles. The molecule has 212 valence electrons. The van der Waals surface area contributed by atoms with Crippen LogP contribution in [0.1, 0.15) is 28.7 Å². The Hall–Kier alpha value is -3.18. The molecule has 1 amide bonds. The maximum Gasteiger partial charge on any atom is 0.417 e. The predicted molar refractivity (Wildman–Crippen MR) is 146 cm³/mol. The maximum absolute atomic E-state index is 13.4. The molecule has 0 radical (unpaired) electrons. The zero-order valence-electron chi connectivity index (χ0n) is 21.1. The fourth-order valence-electron chi connectivity index (χ4n) is 4.69. The quantitative estimate of drug-likeness (QED) is 0.270. The maximum atomic E-state index is 13.4. The molecule has 0 fully saturated rings. The first-order chi connectivity index (χ1) is 18.8. The highest BCUT2D eigenvalue weighted by Gasteiger charge is 2.45. The molecule has 1 heterocycles. The number of thioether (sulfide) groups is 1. The van der Waals surface area contributed by atoms with E-state index in [-0.39, 0.29) is 18.8 Å². The lowest BCUT2D eigenvalue weighted by molar-refractivity contribution is -0.138. The summed E-state index contributed by atoms with van der Waals surface area (Å²) in [5.74, 6) is 0.190. The fourth-order valence-corrected chi connectivity index (χ4v) is 5.53. The van der Waals surface area contributed by atoms with Crippen molar-refractivity contribution >= 4 is 40.7 Å². The van der Waals surface area contributed by atoms with Crippen molar-refractivity contribution in [1.82, 2.24) is 5.01 Å². The van der Waals surface area contributed by atoms with Crippen LogP contribution in [-0.2, 0) is 22.6 Å². The molecule has 0 saturated heterocycles. The van der Waals surface area contributed by atoms with Crippen LogP contribution in [0.4, 0.5) is 32.0 Å². The van der Waals surface area contributed by atoms with Gasteiger partial charge in [-0.05, 0) is 60.4 Å². The van der Waals surface area contributed by atoms with E-state index in [2.05, 4.69) is 5.32 Å². The van der Waals surface area contributed by atoms with Gasteiger partial charge in [-0.25, -0.2) is 0 Å². The molecule has 40 heavy (non-hydrogen) atoms. The van der Waals surface area contributed by atoms with Crippen LogP contribution in [0.5, 0.6) is 0 Å². The molecule has 12 heteroatoms. The number of alkyl halides is 6. The molecule has 4 nitrogen and oxygen atoms in total. The largest absolute Gasteiger partial charge is 0.417 e. The van der Waals surface area contributed by atoms with Crippen molar-refractivity contribution in [3.05, 3.63) is 100 Å². The number of hydrogen-bond donors (Lipinski definition) is 1. The summed E-state index contributed by atoms with van der Waals surface area (Å²) in [5.41, 5.74) is -0.617. The molecule has 3 aromatic rings. The van der Waals surface area contributed by atoms with Crippen molar-refractivity contribution in [2.45, 2.75) is 24.2 Å². The highest BCUT2D eigenvalue weighted by atomic mass is 35.5. The van der Waals surface area contributed by atoms with Gasteiger partial charge in [0.05, 0.1) is 33.8 Å². The molecule has 0 aliphatic carbocycles. The van der Waals surface area contributed by atoms with E-state index < -0.39 is 39.8 Å². The van der Waals surface area contributed by atoms with Crippen LogP contribution in [-0.4, -0.2) is 41.7 Å². The number of halogens is 7. The van der Waals surface area contributed by atoms with Gasteiger partial charge in [0.2, 0.25) is 5.91 Å². The third-order valence-electron chi connectivity index (χ3n) is 6.58. The molecule has 0 spiro atoms. The Morgan fingerprint density at radius 1 is 1.00 bits per heavy atom. The van der Waals surface area contributed by atoms with E-state index in [4.69, 9.17) is 16.7 Å². The minimum Gasteiger partial charge on any atom is -0.324 e. The third kappa shape index (κ3) is 6.58. The lowest BCUT2D eigenvalue weighted by Crippen LogP contribution is -2.41. The summed E-state index contributed by atoms with van der Waals surface area (Å²) in [6.07, 6.45) is -6.60. The van der Waals surface area contributed by atoms with Gasteiger partial charge >= 0.3 is 12.4 Å². The topological polar surface area (TPSA) is 44.7 Å². The number of anilines is 1. The summed E-state index contributed by atoms with van der Waals surface area (Å²) < 4.78 is 78.7. The van der Waals surface area contributed by atoms with Crippen LogP contribution in [0.3, 0.4) is 0 Å². The Balaban J connectivity index is 1.67. The smallest absolute Gasteiger partial charge is 0.324 e. The summed E-state index contributed by atoms with van der Waals surface area (Å²) in [5, 5.41) is 8.33. The van der Waals surface area contributed by atoms with Gasteiger partial charge in [-0.15, -0.1) is 0 Å². The van der Waals surface area contributed by atoms with E-state index in [1.165, 1.54) is 17.1 Å². The summed E-state index contributed by atoms with van der Waals surface area (Å²) in [6, 6.07) is 16.9. The molecule has 0 saturated carbocycles. The Morgan fingerprint density at radius 3 is 2.25 bits per heavy atom. The second kappa shape index (κ2) is 11.7. The Bertz CT molecular complexity index is 1380. The number of benzene rings is 3. The summed E-state index contributed by atoms with van der Waals surface area (Å²) >= 11 is 7.66. The van der Waals surface area contributed by atoms with Gasteiger partial charge in [-0.3, -0.25) is 9.80 Å². The van der Waals surface area contributed by atoms with Gasteiger partial charge < -0.3 is 5.32 Å². The predicted octanol–water partition coefficient (Wildman–Crippen LogP) is 7.73. The number of nitrogens with zero attached hydrogens (tertiary/aromatic N) is 2. The summed E-state index contributed by atoms with van der Waals surface area (Å²) in [6.45, 7) is 0.0265. The normalized spacial score (nSPS) is 17.6. The van der Waals surface area contributed by atoms with Crippen LogP contribution in [0.25, 0.3) is 0 Å². The molecule has 1 aliphatic heterocycles. The highest BCUT2D eigenvalue weighted by molar-refractivity contribution is 7.98. The van der Waals surface area contributed by atoms with Gasteiger partial charge in [0.1, 0.15) is 6.54 Å². The van der Waals surface area contributed by atoms with Crippen molar-refractivity contribution in [2.75, 3.05) is 30.4 Å². The average Bonchev–Trinajstić information content (AvgIpc) is 3.26. The van der Waals surface area contributed by atoms with Gasteiger partial charge in [0.15, 0.2) is 0 Å². The number of rotatable bonds is 8. The molecule has 1 atom stereocenters. The third-order valence-corrected chi connectivity index (χ3v) is 7.50. The summed E-state index contributed by atoms with van der Waals surface area (Å²) in [4.78, 5) is 12.9. The first-order valence-corrected chi connectivity index (χ1v) is 13.8. The number of hydrazone groups is 1. The van der Waals surface area contributed by atoms with Crippen LogP contribution < -0.4 is 5.32 Å². The standard InChI is InChI=1S/C28H24ClF6N3OS/c1-40-14-13-26(19-5-3-2-4-6-19)17-38(16-24(39)36-21-10-8-20(9-11-21)27(30,31)32)37-25(26)18-7-12-22(23(29)15-18)28(33,34)35/h2-12,15H,13-14,16-17H2,1H3,(H,36,39). The second-order valence-corrected chi connectivity index (χ2v) is 10.7. The van der Waals surface area contributed by atoms with E-state index in [1.54, 1.807) is 11.8 Å². The Labute approximate surface area is 236 Å². The SMILES string of the molecule is CSCCC1(c2ccccc2)CN(CC(=O)Nc2ccc(C(F)(F)F)cc2)N=C1c1ccc(C(F)(F)F)c(Cl)c1. The molecule has 1 unspecified atom stereocenters. The Morgan fingerprint density at radius 2 is 1.68 bits per heavy atom. The first kappa shape index (κ1) is 29.8. The number of nitrogens with one attached hydrogen (secondary N) is 1. The van der Waals surface area contributed by atoms with Gasteiger partial charge in [0.25, 0.3) is 0 Å². The van der Waals surface area contributed by atoms with Gasteiger partial charge in [-0.2, -0.15) is 43.2 Å². The molecule has 1 N–H and O–H groups in total. The monoisotopic (exact) mass is 599 g/mol. The molecule has 1 aliphatic rings. The van der Waals surface area contributed by atoms with E-state index in [1.807, 2.05) is 36.6 Å². The van der Waals surface area contributed by atoms with Crippen LogP contribution in [0.2, 0.25) is 5.02 Å². The number of carbonyl (C=O) groups excluding carboxylic acids is 1. The zero-order chi connectivity index (χ0) is 29.1. The molecule has 0 aromatic heterocycles. The van der Waals surface area contributed by atoms with Crippen molar-refractivity contribution in [3.63, 3.8) is 0 Å². The van der Waals surface area contributed by atoms with Crippen molar-refractivity contribution in [2.24, 2.45) is 5.10 Å². The van der Waals surface area contributed by atoms with E-state index in [9.17, 15) is 31.1 Å². The van der Waals surface area contributed by atoms with Crippen LogP contribution in [0, 0.1) is 0 Å². The lowest BCUT2D eigenvalue weighted by Gasteiger charge is -2.32. The second-order valence-electron chi connectivity index (χ2n) is 9.28. The summed E-state index contributed by atoms with van der Waals surface area (Å²) in [7, 11) is 0. The first-order valence-electron chi connectivity index (χ1n) is 12.1. The number of amides is 1. The minimum atomic E-state index is -4.62. The van der Waals surface area contributed by atoms with Crippen molar-refractivity contribution < 1.29 is 31.1 Å². The van der Waals surface area contributed by atoms with E-state index in [0.717, 1.165) is 35.9 Å². The number of carbonyl (C=O) groups is 1. The average molecular weight is 600 g/mol. The zero-order valence-corrected chi connectivity index (χ0v) is 22.7. The lowest BCUT2D eigenvalue weighted by atomic mass is 9.72. The Kier molecular flexibility index (Phi) is 8.75. The van der Waals surface area contributed by atoms with Crippen LogP contribution in [0.15, 0.2) is 77.9 Å². The van der Waals surface area contributed by atoms with Gasteiger partial charge in [-0.1, -0.05) is 48.0 Å². The fraction of sp³-hybridized carbons (Fsp3) is 0.286. The molecular formula is C28H24ClF6N3OS. The number of hydrogen-bond acceptors (Lipinski definition) is 4. The molecule has 4 rings (SSSR count). The van der Waals surface area contributed by atoms with E-state index in [0.29, 0.717) is 23.4 Å². The highest BCUT2D eigenvalue weighted by Crippen LogP contribution is 2.41. The van der Waals surface area contributed by atoms with Crippen LogP contribution >= 0.6 is 23.4 Å². The van der Waals surface area contributed by atoms with Crippen molar-refractivity contribution in [3.8, 4) is 0 Å².